The molecule has 5 heteroatoms. The SMILES string of the molecule is CC(NCCCCn1ccnc1)c1nc2ccccc2s1. The van der Waals surface area contributed by atoms with Gasteiger partial charge >= 0.3 is 0 Å². The van der Waals surface area contributed by atoms with Gasteiger partial charge in [-0.3, -0.25) is 0 Å². The minimum Gasteiger partial charge on any atom is -0.337 e. The van der Waals surface area contributed by atoms with Crippen LogP contribution in [-0.2, 0) is 6.54 Å². The average molecular weight is 300 g/mol. The van der Waals surface area contributed by atoms with Crippen LogP contribution in [0.25, 0.3) is 10.2 Å². The fourth-order valence-corrected chi connectivity index (χ4v) is 3.31. The van der Waals surface area contributed by atoms with Crippen LogP contribution in [0, 0.1) is 0 Å². The van der Waals surface area contributed by atoms with Crippen LogP contribution in [0.2, 0.25) is 0 Å². The number of unbranched alkanes of at least 4 members (excludes halogenated alkanes) is 1. The molecule has 0 aliphatic carbocycles. The van der Waals surface area contributed by atoms with Crippen LogP contribution in [-0.4, -0.2) is 21.1 Å². The summed E-state index contributed by atoms with van der Waals surface area (Å²) in [4.78, 5) is 8.75. The van der Waals surface area contributed by atoms with Crippen LogP contribution in [0.1, 0.15) is 30.8 Å². The van der Waals surface area contributed by atoms with Gasteiger partial charge < -0.3 is 9.88 Å². The topological polar surface area (TPSA) is 42.7 Å². The lowest BCUT2D eigenvalue weighted by molar-refractivity contribution is 0.522. The lowest BCUT2D eigenvalue weighted by Gasteiger charge is -2.10. The van der Waals surface area contributed by atoms with E-state index in [2.05, 4.69) is 40.0 Å². The summed E-state index contributed by atoms with van der Waals surface area (Å²) >= 11 is 1.78. The molecule has 1 unspecified atom stereocenters. The van der Waals surface area contributed by atoms with E-state index in [-0.39, 0.29) is 0 Å². The number of hydrogen-bond donors (Lipinski definition) is 1. The van der Waals surface area contributed by atoms with Crippen molar-refractivity contribution in [1.82, 2.24) is 19.9 Å². The first kappa shape index (κ1) is 14.2. The molecule has 21 heavy (non-hydrogen) atoms. The van der Waals surface area contributed by atoms with Gasteiger partial charge in [0.1, 0.15) is 5.01 Å². The summed E-state index contributed by atoms with van der Waals surface area (Å²) in [7, 11) is 0. The molecule has 0 fully saturated rings. The van der Waals surface area contributed by atoms with Gasteiger partial charge in [-0.25, -0.2) is 9.97 Å². The van der Waals surface area contributed by atoms with Crippen molar-refractivity contribution in [2.24, 2.45) is 0 Å². The van der Waals surface area contributed by atoms with Gasteiger partial charge in [0.25, 0.3) is 0 Å². The van der Waals surface area contributed by atoms with Crippen LogP contribution < -0.4 is 5.32 Å². The standard InChI is InChI=1S/C16H20N4S/c1-13(16-19-14-6-2-3-7-15(14)21-16)18-8-4-5-10-20-11-9-17-12-20/h2-3,6-7,9,11-13,18H,4-5,8,10H2,1H3. The predicted molar refractivity (Wildman–Crippen MR) is 87.5 cm³/mol. The van der Waals surface area contributed by atoms with Crippen molar-refractivity contribution in [1.29, 1.82) is 0 Å². The highest BCUT2D eigenvalue weighted by molar-refractivity contribution is 7.18. The van der Waals surface area contributed by atoms with Crippen LogP contribution >= 0.6 is 11.3 Å². The molecule has 0 aliphatic heterocycles. The van der Waals surface area contributed by atoms with Crippen molar-refractivity contribution in [3.05, 3.63) is 48.0 Å². The number of nitrogens with zero attached hydrogens (tertiary/aromatic N) is 3. The van der Waals surface area contributed by atoms with Gasteiger partial charge in [-0.15, -0.1) is 11.3 Å². The van der Waals surface area contributed by atoms with Gasteiger partial charge in [0.15, 0.2) is 0 Å². The molecule has 0 spiro atoms. The van der Waals surface area contributed by atoms with Gasteiger partial charge in [-0.2, -0.15) is 0 Å². The number of hydrogen-bond acceptors (Lipinski definition) is 4. The Morgan fingerprint density at radius 1 is 1.29 bits per heavy atom. The van der Waals surface area contributed by atoms with Crippen molar-refractivity contribution in [3.8, 4) is 0 Å². The predicted octanol–water partition coefficient (Wildman–Crippen LogP) is 3.62. The van der Waals surface area contributed by atoms with Crippen molar-refractivity contribution in [2.75, 3.05) is 6.54 Å². The largest absolute Gasteiger partial charge is 0.337 e. The number of rotatable bonds is 7. The Hall–Kier alpha value is -1.72. The third kappa shape index (κ3) is 3.68. The van der Waals surface area contributed by atoms with Gasteiger partial charge in [-0.05, 0) is 38.4 Å². The number of fused-ring (bicyclic) bond motifs is 1. The van der Waals surface area contributed by atoms with Crippen LogP contribution in [0.4, 0.5) is 0 Å². The molecule has 0 bridgehead atoms. The number of benzene rings is 1. The van der Waals surface area contributed by atoms with E-state index in [4.69, 9.17) is 4.98 Å². The monoisotopic (exact) mass is 300 g/mol. The molecule has 0 aliphatic rings. The van der Waals surface area contributed by atoms with Crippen LogP contribution in [0.5, 0.6) is 0 Å². The molecule has 0 saturated carbocycles. The molecular formula is C16H20N4S. The first-order valence-corrected chi connectivity index (χ1v) is 8.19. The average Bonchev–Trinajstić information content (AvgIpc) is 3.15. The molecule has 0 amide bonds. The molecule has 2 heterocycles. The first-order chi connectivity index (χ1) is 10.3. The molecule has 1 atom stereocenters. The van der Waals surface area contributed by atoms with Crippen molar-refractivity contribution in [2.45, 2.75) is 32.4 Å². The highest BCUT2D eigenvalue weighted by Crippen LogP contribution is 2.25. The summed E-state index contributed by atoms with van der Waals surface area (Å²) in [6, 6.07) is 8.63. The van der Waals surface area contributed by atoms with Crippen LogP contribution in [0.3, 0.4) is 0 Å². The van der Waals surface area contributed by atoms with E-state index in [0.717, 1.165) is 31.4 Å². The Bertz CT molecular complexity index is 641. The maximum atomic E-state index is 4.70. The normalized spacial score (nSPS) is 12.8. The Kier molecular flexibility index (Phi) is 4.62. The van der Waals surface area contributed by atoms with E-state index in [9.17, 15) is 0 Å². The second-order valence-electron chi connectivity index (χ2n) is 5.20. The van der Waals surface area contributed by atoms with Gasteiger partial charge in [-0.1, -0.05) is 12.1 Å². The van der Waals surface area contributed by atoms with E-state index in [1.807, 2.05) is 24.8 Å². The quantitative estimate of drug-likeness (QED) is 0.678. The molecular weight excluding hydrogens is 280 g/mol. The number of aromatic nitrogens is 3. The molecule has 0 saturated heterocycles. The molecule has 0 radical (unpaired) electrons. The number of aryl methyl sites for hydroxylation is 1. The number of nitrogens with one attached hydrogen (secondary N) is 1. The third-order valence-electron chi connectivity index (χ3n) is 3.53. The molecule has 4 nitrogen and oxygen atoms in total. The maximum absolute atomic E-state index is 4.70. The summed E-state index contributed by atoms with van der Waals surface area (Å²) in [5.74, 6) is 0. The Morgan fingerprint density at radius 2 is 2.19 bits per heavy atom. The summed E-state index contributed by atoms with van der Waals surface area (Å²) in [6.07, 6.45) is 8.03. The van der Waals surface area contributed by atoms with E-state index in [1.165, 1.54) is 9.71 Å². The lowest BCUT2D eigenvalue weighted by atomic mass is 10.2. The fourth-order valence-electron chi connectivity index (χ4n) is 2.32. The Labute approximate surface area is 128 Å². The minimum atomic E-state index is 0.315. The van der Waals surface area contributed by atoms with Gasteiger partial charge in [0, 0.05) is 18.9 Å². The highest BCUT2D eigenvalue weighted by atomic mass is 32.1. The number of para-hydroxylation sites is 1. The van der Waals surface area contributed by atoms with E-state index >= 15 is 0 Å². The molecule has 2 aromatic heterocycles. The van der Waals surface area contributed by atoms with Gasteiger partial charge in [0.2, 0.25) is 0 Å². The van der Waals surface area contributed by atoms with Crippen molar-refractivity contribution < 1.29 is 0 Å². The van der Waals surface area contributed by atoms with Crippen LogP contribution in [0.15, 0.2) is 43.0 Å². The minimum absolute atomic E-state index is 0.315. The Morgan fingerprint density at radius 3 is 3.00 bits per heavy atom. The summed E-state index contributed by atoms with van der Waals surface area (Å²) in [6.45, 7) is 4.25. The summed E-state index contributed by atoms with van der Waals surface area (Å²) < 4.78 is 3.39. The third-order valence-corrected chi connectivity index (χ3v) is 4.75. The van der Waals surface area contributed by atoms with Crippen molar-refractivity contribution >= 4 is 21.6 Å². The molecule has 1 N–H and O–H groups in total. The number of thiazole rings is 1. The van der Waals surface area contributed by atoms with Gasteiger partial charge in [0.05, 0.1) is 22.6 Å². The number of imidazole rings is 1. The molecule has 110 valence electrons. The van der Waals surface area contributed by atoms with E-state index in [1.54, 1.807) is 11.3 Å². The molecule has 3 rings (SSSR count). The summed E-state index contributed by atoms with van der Waals surface area (Å²) in [5, 5.41) is 4.74. The second-order valence-corrected chi connectivity index (χ2v) is 6.27. The van der Waals surface area contributed by atoms with Crippen molar-refractivity contribution in [3.63, 3.8) is 0 Å². The maximum Gasteiger partial charge on any atom is 0.111 e. The zero-order chi connectivity index (χ0) is 14.5. The van der Waals surface area contributed by atoms with E-state index < -0.39 is 0 Å². The fraction of sp³-hybridized carbons (Fsp3) is 0.375. The summed E-state index contributed by atoms with van der Waals surface area (Å²) in [5.41, 5.74) is 1.10. The second kappa shape index (κ2) is 6.83. The highest BCUT2D eigenvalue weighted by Gasteiger charge is 2.10. The zero-order valence-corrected chi connectivity index (χ0v) is 13.0. The van der Waals surface area contributed by atoms with E-state index in [0.29, 0.717) is 6.04 Å². The first-order valence-electron chi connectivity index (χ1n) is 7.37. The smallest absolute Gasteiger partial charge is 0.111 e. The molecule has 1 aromatic carbocycles. The molecule has 3 aromatic rings. The lowest BCUT2D eigenvalue weighted by Crippen LogP contribution is -2.20. The zero-order valence-electron chi connectivity index (χ0n) is 12.2. The Balaban J connectivity index is 1.44.